The maximum Gasteiger partial charge on any atom is 0.523 e. The molecule has 0 aromatic heterocycles. The first-order valence-corrected chi connectivity index (χ1v) is 5.70. The summed E-state index contributed by atoms with van der Waals surface area (Å²) in [5.74, 6) is 0.307. The molecule has 2 aliphatic carbocycles. The van der Waals surface area contributed by atoms with Gasteiger partial charge in [-0.1, -0.05) is 18.2 Å². The minimum absolute atomic E-state index is 0.0153. The zero-order chi connectivity index (χ0) is 11.8. The number of rotatable bonds is 3. The summed E-state index contributed by atoms with van der Waals surface area (Å²) in [4.78, 5) is 0. The SMILES string of the molecule is FC(F)(F)OC1(C2CC2)C=CC(CCl)=CC1. The van der Waals surface area contributed by atoms with Crippen molar-refractivity contribution in [2.24, 2.45) is 5.92 Å². The van der Waals surface area contributed by atoms with E-state index in [-0.39, 0.29) is 12.3 Å². The predicted octanol–water partition coefficient (Wildman–Crippen LogP) is 3.80. The number of alkyl halides is 4. The summed E-state index contributed by atoms with van der Waals surface area (Å²) in [5.41, 5.74) is -0.336. The molecule has 2 aliphatic rings. The highest BCUT2D eigenvalue weighted by Crippen LogP contribution is 2.49. The molecule has 0 spiro atoms. The van der Waals surface area contributed by atoms with Crippen LogP contribution < -0.4 is 0 Å². The molecule has 90 valence electrons. The van der Waals surface area contributed by atoms with Gasteiger partial charge in [0.2, 0.25) is 0 Å². The Morgan fingerprint density at radius 2 is 2.12 bits per heavy atom. The van der Waals surface area contributed by atoms with Gasteiger partial charge in [-0.2, -0.15) is 0 Å². The van der Waals surface area contributed by atoms with Crippen molar-refractivity contribution < 1.29 is 17.9 Å². The van der Waals surface area contributed by atoms with Gasteiger partial charge >= 0.3 is 6.36 Å². The van der Waals surface area contributed by atoms with Crippen molar-refractivity contribution in [3.63, 3.8) is 0 Å². The van der Waals surface area contributed by atoms with Gasteiger partial charge in [0.05, 0.1) is 0 Å². The second kappa shape index (κ2) is 4.08. The zero-order valence-electron chi connectivity index (χ0n) is 8.56. The maximum atomic E-state index is 12.3. The number of ether oxygens (including phenoxy) is 1. The highest BCUT2D eigenvalue weighted by atomic mass is 35.5. The van der Waals surface area contributed by atoms with Crippen molar-refractivity contribution in [2.75, 3.05) is 5.88 Å². The molecule has 2 rings (SSSR count). The van der Waals surface area contributed by atoms with Gasteiger partial charge < -0.3 is 0 Å². The van der Waals surface area contributed by atoms with E-state index >= 15 is 0 Å². The Hall–Kier alpha value is -0.480. The highest BCUT2D eigenvalue weighted by molar-refractivity contribution is 6.19. The van der Waals surface area contributed by atoms with Crippen LogP contribution in [0, 0.1) is 5.92 Å². The number of halogens is 4. The van der Waals surface area contributed by atoms with Gasteiger partial charge in [0.15, 0.2) is 0 Å². The molecule has 0 radical (unpaired) electrons. The van der Waals surface area contributed by atoms with E-state index in [1.54, 1.807) is 12.2 Å². The smallest absolute Gasteiger partial charge is 0.280 e. The van der Waals surface area contributed by atoms with Crippen LogP contribution in [0.4, 0.5) is 13.2 Å². The Labute approximate surface area is 96.9 Å². The Morgan fingerprint density at radius 1 is 1.44 bits per heavy atom. The first kappa shape index (κ1) is 12.0. The Morgan fingerprint density at radius 3 is 2.50 bits per heavy atom. The molecule has 16 heavy (non-hydrogen) atoms. The van der Waals surface area contributed by atoms with Crippen molar-refractivity contribution in [2.45, 2.75) is 31.2 Å². The van der Waals surface area contributed by atoms with Gasteiger partial charge in [0.1, 0.15) is 5.60 Å². The molecular weight excluding hydrogens is 241 g/mol. The quantitative estimate of drug-likeness (QED) is 0.695. The summed E-state index contributed by atoms with van der Waals surface area (Å²) in [7, 11) is 0. The molecule has 0 saturated heterocycles. The minimum atomic E-state index is -4.58. The monoisotopic (exact) mass is 252 g/mol. The lowest BCUT2D eigenvalue weighted by molar-refractivity contribution is -0.361. The summed E-state index contributed by atoms with van der Waals surface area (Å²) < 4.78 is 41.4. The highest BCUT2D eigenvalue weighted by Gasteiger charge is 2.51. The number of hydrogen-bond acceptors (Lipinski definition) is 1. The van der Waals surface area contributed by atoms with E-state index in [0.717, 1.165) is 18.4 Å². The van der Waals surface area contributed by atoms with Crippen LogP contribution in [0.1, 0.15) is 19.3 Å². The van der Waals surface area contributed by atoms with Gasteiger partial charge in [0, 0.05) is 5.88 Å². The third-order valence-corrected chi connectivity index (χ3v) is 3.30. The second-order valence-corrected chi connectivity index (χ2v) is 4.49. The molecule has 0 aromatic carbocycles. The summed E-state index contributed by atoms with van der Waals surface area (Å²) in [6.07, 6.45) is 2.16. The normalized spacial score (nSPS) is 30.4. The van der Waals surface area contributed by atoms with E-state index in [2.05, 4.69) is 4.74 Å². The largest absolute Gasteiger partial charge is 0.523 e. The summed E-state index contributed by atoms with van der Waals surface area (Å²) in [6.45, 7) is 0. The molecule has 5 heteroatoms. The van der Waals surface area contributed by atoms with Crippen LogP contribution in [0.25, 0.3) is 0 Å². The molecule has 0 amide bonds. The first-order chi connectivity index (χ1) is 7.45. The molecule has 1 unspecified atom stereocenters. The van der Waals surface area contributed by atoms with Crippen LogP contribution in [0.5, 0.6) is 0 Å². The standard InChI is InChI=1S/C11H12ClF3O/c12-7-8-3-5-10(6-4-8,9-1-2-9)16-11(13,14)15/h3-5,9H,1-2,6-7H2. The molecule has 1 nitrogen and oxygen atoms in total. The number of allylic oxidation sites excluding steroid dienone is 2. The fourth-order valence-corrected chi connectivity index (χ4v) is 2.22. The zero-order valence-corrected chi connectivity index (χ0v) is 9.31. The van der Waals surface area contributed by atoms with Gasteiger partial charge in [-0.05, 0) is 30.8 Å². The van der Waals surface area contributed by atoms with Gasteiger partial charge in [0.25, 0.3) is 0 Å². The maximum absolute atomic E-state index is 12.3. The number of hydrogen-bond donors (Lipinski definition) is 0. The van der Waals surface area contributed by atoms with Crippen LogP contribution in [0.15, 0.2) is 23.8 Å². The third-order valence-electron chi connectivity index (χ3n) is 2.99. The Balaban J connectivity index is 2.14. The van der Waals surface area contributed by atoms with Crippen molar-refractivity contribution >= 4 is 11.6 Å². The van der Waals surface area contributed by atoms with Crippen LogP contribution >= 0.6 is 11.6 Å². The molecule has 1 fully saturated rings. The van der Waals surface area contributed by atoms with Crippen LogP contribution in [0.2, 0.25) is 0 Å². The molecule has 0 aromatic rings. The van der Waals surface area contributed by atoms with E-state index in [1.165, 1.54) is 6.08 Å². The van der Waals surface area contributed by atoms with Crippen LogP contribution in [-0.2, 0) is 4.74 Å². The topological polar surface area (TPSA) is 9.23 Å². The van der Waals surface area contributed by atoms with Gasteiger partial charge in [-0.3, -0.25) is 4.74 Å². The fraction of sp³-hybridized carbons (Fsp3) is 0.636. The molecule has 0 N–H and O–H groups in total. The van der Waals surface area contributed by atoms with E-state index in [9.17, 15) is 13.2 Å². The van der Waals surface area contributed by atoms with E-state index < -0.39 is 12.0 Å². The Bertz CT molecular complexity index is 331. The first-order valence-electron chi connectivity index (χ1n) is 5.16. The molecular formula is C11H12ClF3O. The molecule has 0 aliphatic heterocycles. The molecule has 0 bridgehead atoms. The van der Waals surface area contributed by atoms with Crippen LogP contribution in [-0.4, -0.2) is 17.8 Å². The van der Waals surface area contributed by atoms with Crippen molar-refractivity contribution in [3.05, 3.63) is 23.8 Å². The minimum Gasteiger partial charge on any atom is -0.280 e. The lowest BCUT2D eigenvalue weighted by atomic mass is 9.88. The molecule has 0 heterocycles. The summed E-state index contributed by atoms with van der Waals surface area (Å²) in [5, 5.41) is 0. The lowest BCUT2D eigenvalue weighted by Crippen LogP contribution is -2.39. The average molecular weight is 253 g/mol. The second-order valence-electron chi connectivity index (χ2n) is 4.23. The predicted molar refractivity (Wildman–Crippen MR) is 55.2 cm³/mol. The van der Waals surface area contributed by atoms with Crippen LogP contribution in [0.3, 0.4) is 0 Å². The average Bonchev–Trinajstić information content (AvgIpc) is 2.99. The van der Waals surface area contributed by atoms with Gasteiger partial charge in [-0.25, -0.2) is 0 Å². The Kier molecular flexibility index (Phi) is 3.05. The van der Waals surface area contributed by atoms with Gasteiger partial charge in [-0.15, -0.1) is 24.8 Å². The summed E-state index contributed by atoms with van der Waals surface area (Å²) >= 11 is 5.62. The summed E-state index contributed by atoms with van der Waals surface area (Å²) in [6, 6.07) is 0. The molecule has 1 atom stereocenters. The van der Waals surface area contributed by atoms with Crippen molar-refractivity contribution in [3.8, 4) is 0 Å². The van der Waals surface area contributed by atoms with Crippen molar-refractivity contribution in [1.29, 1.82) is 0 Å². The van der Waals surface area contributed by atoms with E-state index in [0.29, 0.717) is 5.88 Å². The van der Waals surface area contributed by atoms with E-state index in [4.69, 9.17) is 11.6 Å². The van der Waals surface area contributed by atoms with Crippen molar-refractivity contribution in [1.82, 2.24) is 0 Å². The fourth-order valence-electron chi connectivity index (χ4n) is 2.02. The lowest BCUT2D eigenvalue weighted by Gasteiger charge is -2.33. The third kappa shape index (κ3) is 2.61. The molecule has 1 saturated carbocycles. The van der Waals surface area contributed by atoms with E-state index in [1.807, 2.05) is 0 Å².